The van der Waals surface area contributed by atoms with E-state index in [1.165, 1.54) is 6.07 Å². The number of hydrogen-bond acceptors (Lipinski definition) is 2. The number of benzene rings is 1. The van der Waals surface area contributed by atoms with Crippen LogP contribution in [-0.2, 0) is 11.3 Å². The van der Waals surface area contributed by atoms with Crippen molar-refractivity contribution in [3.63, 3.8) is 0 Å². The summed E-state index contributed by atoms with van der Waals surface area (Å²) >= 11 is 0. The summed E-state index contributed by atoms with van der Waals surface area (Å²) in [7, 11) is 0. The molecule has 2 nitrogen and oxygen atoms in total. The zero-order chi connectivity index (χ0) is 8.97. The van der Waals surface area contributed by atoms with Gasteiger partial charge in [-0.1, -0.05) is 12.1 Å². The van der Waals surface area contributed by atoms with Crippen LogP contribution in [0.25, 0.3) is 0 Å². The lowest BCUT2D eigenvalue weighted by Crippen LogP contribution is -2.04. The molecule has 2 N–H and O–H groups in total. The van der Waals surface area contributed by atoms with Crippen molar-refractivity contribution in [3.05, 3.63) is 35.1 Å². The Morgan fingerprint density at radius 3 is 2.83 bits per heavy atom. The molecular weight excluding hydrogens is 157 g/mol. The number of rotatable bonds is 3. The molecule has 0 radical (unpaired) electrons. The van der Waals surface area contributed by atoms with Crippen molar-refractivity contribution in [3.8, 4) is 0 Å². The second-order valence-corrected chi connectivity index (χ2v) is 2.72. The van der Waals surface area contributed by atoms with Crippen LogP contribution in [0.4, 0.5) is 4.39 Å². The van der Waals surface area contributed by atoms with Crippen LogP contribution < -0.4 is 5.90 Å². The van der Waals surface area contributed by atoms with Gasteiger partial charge in [-0.05, 0) is 24.1 Å². The summed E-state index contributed by atoms with van der Waals surface area (Å²) in [5.74, 6) is 4.65. The van der Waals surface area contributed by atoms with Gasteiger partial charge in [0.25, 0.3) is 0 Å². The maximum Gasteiger partial charge on any atom is 0.126 e. The minimum absolute atomic E-state index is 0.188. The molecule has 0 unspecified atom stereocenters. The van der Waals surface area contributed by atoms with Gasteiger partial charge in [0.1, 0.15) is 5.82 Å². The molecule has 0 saturated carbocycles. The van der Waals surface area contributed by atoms with Gasteiger partial charge in [0.2, 0.25) is 0 Å². The molecule has 0 bridgehead atoms. The van der Waals surface area contributed by atoms with Crippen molar-refractivity contribution in [1.29, 1.82) is 0 Å². The van der Waals surface area contributed by atoms with E-state index in [9.17, 15) is 4.39 Å². The normalized spacial score (nSPS) is 10.2. The van der Waals surface area contributed by atoms with E-state index in [1.54, 1.807) is 6.07 Å². The molecule has 1 aromatic carbocycles. The van der Waals surface area contributed by atoms with Crippen molar-refractivity contribution in [2.45, 2.75) is 13.3 Å². The average Bonchev–Trinajstić information content (AvgIpc) is 2.03. The summed E-state index contributed by atoms with van der Waals surface area (Å²) in [4.78, 5) is 4.36. The van der Waals surface area contributed by atoms with Crippen LogP contribution in [0.3, 0.4) is 0 Å². The van der Waals surface area contributed by atoms with Crippen LogP contribution in [0.1, 0.15) is 11.1 Å². The van der Waals surface area contributed by atoms with Crippen LogP contribution in [0.2, 0.25) is 0 Å². The monoisotopic (exact) mass is 169 g/mol. The fraction of sp³-hybridized carbons (Fsp3) is 0.333. The zero-order valence-corrected chi connectivity index (χ0v) is 7.01. The fourth-order valence-electron chi connectivity index (χ4n) is 1.02. The molecule has 66 valence electrons. The van der Waals surface area contributed by atoms with Crippen molar-refractivity contribution in [2.24, 2.45) is 5.90 Å². The van der Waals surface area contributed by atoms with E-state index >= 15 is 0 Å². The highest BCUT2D eigenvalue weighted by molar-refractivity contribution is 5.23. The van der Waals surface area contributed by atoms with Gasteiger partial charge in [0, 0.05) is 6.42 Å². The Bertz CT molecular complexity index is 263. The van der Waals surface area contributed by atoms with Crippen LogP contribution in [0.5, 0.6) is 0 Å². The van der Waals surface area contributed by atoms with Crippen LogP contribution in [0.15, 0.2) is 18.2 Å². The summed E-state index contributed by atoms with van der Waals surface area (Å²) < 4.78 is 13.1. The predicted molar refractivity (Wildman–Crippen MR) is 45.0 cm³/mol. The standard InChI is InChI=1S/C9H12FNO/c1-7-2-3-8(4-5-12-11)9(10)6-7/h2-3,6H,4-5,11H2,1H3. The summed E-state index contributed by atoms with van der Waals surface area (Å²) in [5, 5.41) is 0. The Hall–Kier alpha value is -0.930. The highest BCUT2D eigenvalue weighted by Gasteiger charge is 2.00. The predicted octanol–water partition coefficient (Wildman–Crippen LogP) is 1.57. The minimum atomic E-state index is -0.188. The Morgan fingerprint density at radius 1 is 1.50 bits per heavy atom. The minimum Gasteiger partial charge on any atom is -0.304 e. The Morgan fingerprint density at radius 2 is 2.25 bits per heavy atom. The van der Waals surface area contributed by atoms with Gasteiger partial charge in [-0.2, -0.15) is 0 Å². The van der Waals surface area contributed by atoms with E-state index in [0.29, 0.717) is 18.6 Å². The zero-order valence-electron chi connectivity index (χ0n) is 7.01. The molecule has 1 rings (SSSR count). The summed E-state index contributed by atoms with van der Waals surface area (Å²) in [5.41, 5.74) is 1.57. The third kappa shape index (κ3) is 2.29. The largest absolute Gasteiger partial charge is 0.304 e. The van der Waals surface area contributed by atoms with Crippen molar-refractivity contribution < 1.29 is 9.23 Å². The number of hydrogen-bond donors (Lipinski definition) is 1. The maximum atomic E-state index is 13.1. The lowest BCUT2D eigenvalue weighted by Gasteiger charge is -2.02. The first kappa shape index (κ1) is 9.16. The van der Waals surface area contributed by atoms with Crippen molar-refractivity contribution in [1.82, 2.24) is 0 Å². The van der Waals surface area contributed by atoms with E-state index in [1.807, 2.05) is 13.0 Å². The molecule has 0 aliphatic carbocycles. The number of aryl methyl sites for hydroxylation is 1. The van der Waals surface area contributed by atoms with Crippen LogP contribution in [-0.4, -0.2) is 6.61 Å². The smallest absolute Gasteiger partial charge is 0.126 e. The highest BCUT2D eigenvalue weighted by atomic mass is 19.1. The van der Waals surface area contributed by atoms with E-state index in [4.69, 9.17) is 5.90 Å². The average molecular weight is 169 g/mol. The first-order chi connectivity index (χ1) is 5.74. The molecule has 0 aliphatic rings. The van der Waals surface area contributed by atoms with Gasteiger partial charge in [-0.25, -0.2) is 10.3 Å². The molecule has 12 heavy (non-hydrogen) atoms. The van der Waals surface area contributed by atoms with E-state index in [0.717, 1.165) is 5.56 Å². The van der Waals surface area contributed by atoms with E-state index in [-0.39, 0.29) is 5.82 Å². The van der Waals surface area contributed by atoms with Gasteiger partial charge in [-0.3, -0.25) is 0 Å². The molecule has 0 aliphatic heterocycles. The van der Waals surface area contributed by atoms with E-state index in [2.05, 4.69) is 4.84 Å². The lowest BCUT2D eigenvalue weighted by atomic mass is 10.1. The molecule has 3 heteroatoms. The van der Waals surface area contributed by atoms with E-state index < -0.39 is 0 Å². The molecule has 0 saturated heterocycles. The molecule has 0 atom stereocenters. The van der Waals surface area contributed by atoms with Gasteiger partial charge >= 0.3 is 0 Å². The third-order valence-corrected chi connectivity index (χ3v) is 1.70. The van der Waals surface area contributed by atoms with Crippen LogP contribution >= 0.6 is 0 Å². The molecule has 1 aromatic rings. The second kappa shape index (κ2) is 4.18. The topological polar surface area (TPSA) is 35.2 Å². The van der Waals surface area contributed by atoms with Gasteiger partial charge < -0.3 is 4.84 Å². The molecule has 0 fully saturated rings. The molecule has 0 aromatic heterocycles. The molecule has 0 heterocycles. The molecule has 0 spiro atoms. The molecule has 0 amide bonds. The highest BCUT2D eigenvalue weighted by Crippen LogP contribution is 2.09. The van der Waals surface area contributed by atoms with Gasteiger partial charge in [-0.15, -0.1) is 0 Å². The lowest BCUT2D eigenvalue weighted by molar-refractivity contribution is 0.140. The maximum absolute atomic E-state index is 13.1. The van der Waals surface area contributed by atoms with Crippen molar-refractivity contribution >= 4 is 0 Å². The summed E-state index contributed by atoms with van der Waals surface area (Å²) in [6.45, 7) is 2.20. The SMILES string of the molecule is Cc1ccc(CCON)c(F)c1. The number of halogens is 1. The Kier molecular flexibility index (Phi) is 3.19. The number of nitrogens with two attached hydrogens (primary N) is 1. The third-order valence-electron chi connectivity index (χ3n) is 1.70. The molecular formula is C9H12FNO. The summed E-state index contributed by atoms with van der Waals surface area (Å²) in [6, 6.07) is 5.13. The Labute approximate surface area is 71.1 Å². The van der Waals surface area contributed by atoms with Gasteiger partial charge in [0.15, 0.2) is 0 Å². The fourth-order valence-corrected chi connectivity index (χ4v) is 1.02. The first-order valence-electron chi connectivity index (χ1n) is 3.80. The van der Waals surface area contributed by atoms with Crippen LogP contribution in [0, 0.1) is 12.7 Å². The van der Waals surface area contributed by atoms with Gasteiger partial charge in [0.05, 0.1) is 6.61 Å². The Balaban J connectivity index is 2.72. The first-order valence-corrected chi connectivity index (χ1v) is 3.80. The second-order valence-electron chi connectivity index (χ2n) is 2.72. The van der Waals surface area contributed by atoms with Crippen molar-refractivity contribution in [2.75, 3.05) is 6.61 Å². The quantitative estimate of drug-likeness (QED) is 0.697. The summed E-state index contributed by atoms with van der Waals surface area (Å²) in [6.07, 6.45) is 0.516.